The number of benzene rings is 8. The molecule has 10 aromatic rings. The van der Waals surface area contributed by atoms with Gasteiger partial charge < -0.3 is 0 Å². The SMILES string of the molecule is CC1(C)c2ccccc2-c2ccc(-c3ccccc3-c3ccc4c(c3)c3ccccc3n4-c3nc(-c4ccccc4)nc(-c4ccc(-c5ccccc5)cc4)n3)cc21. The molecule has 0 atom stereocenters. The molecule has 8 aromatic carbocycles. The van der Waals surface area contributed by atoms with Crippen molar-refractivity contribution in [2.24, 2.45) is 0 Å². The number of nitrogens with zero attached hydrogens (tertiary/aromatic N) is 4. The van der Waals surface area contributed by atoms with Crippen molar-refractivity contribution in [3.8, 4) is 73.2 Å². The zero-order valence-electron chi connectivity index (χ0n) is 32.3. The standard InChI is InChI=1S/C54H38N4/c1-54(2)47-23-13-11-21-43(47)44-31-29-40(34-48(44)54)42-20-10-9-19-41(42)39-30-32-50-46(33-39)45-22-12-14-24-49(45)58(50)53-56-51(37-17-7-4-8-18-37)55-52(57-53)38-27-25-36(26-28-38)35-15-5-3-6-16-35/h3-34H,1-2H3. The Kier molecular flexibility index (Phi) is 7.80. The topological polar surface area (TPSA) is 43.6 Å². The van der Waals surface area contributed by atoms with E-state index < -0.39 is 0 Å². The van der Waals surface area contributed by atoms with E-state index in [2.05, 4.69) is 188 Å². The molecule has 274 valence electrons. The van der Waals surface area contributed by atoms with Gasteiger partial charge in [-0.3, -0.25) is 4.57 Å². The van der Waals surface area contributed by atoms with Gasteiger partial charge in [-0.1, -0.05) is 184 Å². The fourth-order valence-electron chi connectivity index (χ4n) is 8.97. The third-order valence-electron chi connectivity index (χ3n) is 11.9. The molecule has 1 aliphatic carbocycles. The Balaban J connectivity index is 1.05. The molecule has 0 bridgehead atoms. The Morgan fingerprint density at radius 2 is 0.828 bits per heavy atom. The van der Waals surface area contributed by atoms with Crippen LogP contribution in [0.25, 0.3) is 95.0 Å². The zero-order chi connectivity index (χ0) is 38.8. The summed E-state index contributed by atoms with van der Waals surface area (Å²) < 4.78 is 2.19. The first-order valence-corrected chi connectivity index (χ1v) is 19.9. The second kappa shape index (κ2) is 13.4. The highest BCUT2D eigenvalue weighted by Crippen LogP contribution is 2.50. The Morgan fingerprint density at radius 1 is 0.345 bits per heavy atom. The maximum Gasteiger partial charge on any atom is 0.238 e. The maximum atomic E-state index is 5.20. The molecule has 2 heterocycles. The van der Waals surface area contributed by atoms with Gasteiger partial charge in [0.25, 0.3) is 0 Å². The second-order valence-electron chi connectivity index (χ2n) is 15.7. The summed E-state index contributed by atoms with van der Waals surface area (Å²) in [4.78, 5) is 15.4. The lowest BCUT2D eigenvalue weighted by Gasteiger charge is -2.22. The molecule has 11 rings (SSSR count). The molecular weight excluding hydrogens is 705 g/mol. The molecule has 0 N–H and O–H groups in total. The van der Waals surface area contributed by atoms with Crippen molar-refractivity contribution < 1.29 is 0 Å². The van der Waals surface area contributed by atoms with Gasteiger partial charge in [-0.25, -0.2) is 4.98 Å². The van der Waals surface area contributed by atoms with Gasteiger partial charge in [0.15, 0.2) is 11.6 Å². The molecule has 0 unspecified atom stereocenters. The third-order valence-corrected chi connectivity index (χ3v) is 11.9. The summed E-state index contributed by atoms with van der Waals surface area (Å²) in [6.07, 6.45) is 0. The molecule has 2 aromatic heterocycles. The van der Waals surface area contributed by atoms with Gasteiger partial charge in [0.1, 0.15) is 0 Å². The summed E-state index contributed by atoms with van der Waals surface area (Å²) in [6.45, 7) is 4.69. The number of hydrogen-bond acceptors (Lipinski definition) is 3. The van der Waals surface area contributed by atoms with Crippen LogP contribution in [-0.4, -0.2) is 19.5 Å². The van der Waals surface area contributed by atoms with E-state index in [0.717, 1.165) is 44.1 Å². The molecule has 0 radical (unpaired) electrons. The van der Waals surface area contributed by atoms with E-state index in [-0.39, 0.29) is 5.41 Å². The minimum absolute atomic E-state index is 0.0709. The van der Waals surface area contributed by atoms with Crippen molar-refractivity contribution in [3.05, 3.63) is 205 Å². The number of aromatic nitrogens is 4. The molecular formula is C54H38N4. The third kappa shape index (κ3) is 5.48. The lowest BCUT2D eigenvalue weighted by atomic mass is 9.81. The number of rotatable bonds is 6. The van der Waals surface area contributed by atoms with E-state index in [1.54, 1.807) is 0 Å². The number of fused-ring (bicyclic) bond motifs is 6. The van der Waals surface area contributed by atoms with Gasteiger partial charge >= 0.3 is 0 Å². The van der Waals surface area contributed by atoms with Crippen LogP contribution in [0.1, 0.15) is 25.0 Å². The van der Waals surface area contributed by atoms with E-state index in [4.69, 9.17) is 15.0 Å². The molecule has 0 saturated carbocycles. The van der Waals surface area contributed by atoms with Gasteiger partial charge in [0.2, 0.25) is 5.95 Å². The lowest BCUT2D eigenvalue weighted by Crippen LogP contribution is -2.14. The first-order valence-electron chi connectivity index (χ1n) is 19.9. The average Bonchev–Trinajstić information content (AvgIpc) is 3.74. The Bertz CT molecular complexity index is 3180. The van der Waals surface area contributed by atoms with Crippen LogP contribution in [0.5, 0.6) is 0 Å². The number of hydrogen-bond donors (Lipinski definition) is 0. The summed E-state index contributed by atoms with van der Waals surface area (Å²) in [6, 6.07) is 69.1. The minimum Gasteiger partial charge on any atom is -0.278 e. The van der Waals surface area contributed by atoms with Crippen LogP contribution in [0.3, 0.4) is 0 Å². The Morgan fingerprint density at radius 3 is 1.55 bits per heavy atom. The van der Waals surface area contributed by atoms with E-state index in [1.807, 2.05) is 24.3 Å². The normalized spacial score (nSPS) is 12.8. The molecule has 0 saturated heterocycles. The van der Waals surface area contributed by atoms with Crippen LogP contribution in [0.4, 0.5) is 0 Å². The highest BCUT2D eigenvalue weighted by molar-refractivity contribution is 6.10. The van der Waals surface area contributed by atoms with Gasteiger partial charge in [-0.15, -0.1) is 0 Å². The summed E-state index contributed by atoms with van der Waals surface area (Å²) in [5.74, 6) is 1.84. The highest BCUT2D eigenvalue weighted by atomic mass is 15.2. The molecule has 58 heavy (non-hydrogen) atoms. The van der Waals surface area contributed by atoms with Crippen molar-refractivity contribution in [1.82, 2.24) is 19.5 Å². The van der Waals surface area contributed by atoms with E-state index in [0.29, 0.717) is 17.6 Å². The molecule has 4 nitrogen and oxygen atoms in total. The van der Waals surface area contributed by atoms with Gasteiger partial charge in [0, 0.05) is 27.3 Å². The van der Waals surface area contributed by atoms with Crippen molar-refractivity contribution >= 4 is 21.8 Å². The van der Waals surface area contributed by atoms with Crippen molar-refractivity contribution in [1.29, 1.82) is 0 Å². The van der Waals surface area contributed by atoms with Crippen molar-refractivity contribution in [2.45, 2.75) is 19.3 Å². The Hall–Kier alpha value is -7.43. The monoisotopic (exact) mass is 742 g/mol. The van der Waals surface area contributed by atoms with Crippen molar-refractivity contribution in [2.75, 3.05) is 0 Å². The molecule has 0 spiro atoms. The largest absolute Gasteiger partial charge is 0.278 e. The van der Waals surface area contributed by atoms with Crippen LogP contribution in [0.2, 0.25) is 0 Å². The van der Waals surface area contributed by atoms with E-state index in [9.17, 15) is 0 Å². The number of para-hydroxylation sites is 1. The fourth-order valence-corrected chi connectivity index (χ4v) is 8.97. The first kappa shape index (κ1) is 33.9. The smallest absolute Gasteiger partial charge is 0.238 e. The van der Waals surface area contributed by atoms with E-state index >= 15 is 0 Å². The summed E-state index contributed by atoms with van der Waals surface area (Å²) in [5.41, 5.74) is 16.4. The highest BCUT2D eigenvalue weighted by Gasteiger charge is 2.35. The summed E-state index contributed by atoms with van der Waals surface area (Å²) >= 11 is 0. The quantitative estimate of drug-likeness (QED) is 0.170. The zero-order valence-corrected chi connectivity index (χ0v) is 32.3. The van der Waals surface area contributed by atoms with Gasteiger partial charge in [-0.2, -0.15) is 9.97 Å². The summed E-state index contributed by atoms with van der Waals surface area (Å²) in [7, 11) is 0. The molecule has 0 aliphatic heterocycles. The second-order valence-corrected chi connectivity index (χ2v) is 15.7. The van der Waals surface area contributed by atoms with E-state index in [1.165, 1.54) is 44.5 Å². The minimum atomic E-state index is -0.0709. The van der Waals surface area contributed by atoms with Crippen LogP contribution in [0.15, 0.2) is 194 Å². The molecule has 1 aliphatic rings. The van der Waals surface area contributed by atoms with Crippen LogP contribution in [0, 0.1) is 0 Å². The predicted molar refractivity (Wildman–Crippen MR) is 239 cm³/mol. The lowest BCUT2D eigenvalue weighted by molar-refractivity contribution is 0.660. The first-order chi connectivity index (χ1) is 28.5. The van der Waals surface area contributed by atoms with Crippen LogP contribution >= 0.6 is 0 Å². The molecule has 0 amide bonds. The molecule has 0 fully saturated rings. The predicted octanol–water partition coefficient (Wildman–Crippen LogP) is 13.6. The van der Waals surface area contributed by atoms with Crippen molar-refractivity contribution in [3.63, 3.8) is 0 Å². The Labute approximate surface area is 337 Å². The van der Waals surface area contributed by atoms with Crippen LogP contribution in [-0.2, 0) is 5.41 Å². The fraction of sp³-hybridized carbons (Fsp3) is 0.0556. The van der Waals surface area contributed by atoms with Gasteiger partial charge in [0.05, 0.1) is 11.0 Å². The summed E-state index contributed by atoms with van der Waals surface area (Å²) in [5, 5.41) is 2.29. The average molecular weight is 743 g/mol. The van der Waals surface area contributed by atoms with Gasteiger partial charge in [-0.05, 0) is 79.9 Å². The van der Waals surface area contributed by atoms with Crippen LogP contribution < -0.4 is 0 Å². The molecule has 4 heteroatoms. The maximum absolute atomic E-state index is 5.20.